The van der Waals surface area contributed by atoms with Gasteiger partial charge >= 0.3 is 0 Å². The fourth-order valence-corrected chi connectivity index (χ4v) is 5.62. The van der Waals surface area contributed by atoms with Crippen LogP contribution in [0.3, 0.4) is 0 Å². The number of rotatable bonds is 8. The first-order valence-electron chi connectivity index (χ1n) is 12.2. The Kier molecular flexibility index (Phi) is 9.77. The van der Waals surface area contributed by atoms with E-state index in [1.165, 1.54) is 0 Å². The van der Waals surface area contributed by atoms with Crippen LogP contribution < -0.4 is 9.47 Å². The summed E-state index contributed by atoms with van der Waals surface area (Å²) in [5, 5.41) is -0.119. The SMILES string of the molecule is CCOc1cc(C=C2SC(=O)N(CC(=O)N3CCCCCC3)C2=O)cc(Cl)c1OCc1ccc(I)cc1. The van der Waals surface area contributed by atoms with Crippen molar-refractivity contribution in [2.24, 2.45) is 0 Å². The summed E-state index contributed by atoms with van der Waals surface area (Å²) in [4.78, 5) is 41.4. The zero-order chi connectivity index (χ0) is 26.4. The van der Waals surface area contributed by atoms with E-state index in [0.717, 1.165) is 51.5 Å². The molecule has 0 bridgehead atoms. The Morgan fingerprint density at radius 3 is 2.46 bits per heavy atom. The van der Waals surface area contributed by atoms with Crippen LogP contribution in [0.2, 0.25) is 5.02 Å². The molecule has 4 rings (SSSR count). The van der Waals surface area contributed by atoms with Crippen molar-refractivity contribution >= 4 is 69.1 Å². The van der Waals surface area contributed by atoms with Gasteiger partial charge in [0.05, 0.1) is 16.5 Å². The molecular formula is C27H28ClIN2O5S. The van der Waals surface area contributed by atoms with Crippen molar-refractivity contribution < 1.29 is 23.9 Å². The zero-order valence-electron chi connectivity index (χ0n) is 20.5. The number of nitrogens with zero attached hydrogens (tertiary/aromatic N) is 2. The molecule has 2 aromatic carbocycles. The largest absolute Gasteiger partial charge is 0.490 e. The maximum Gasteiger partial charge on any atom is 0.294 e. The monoisotopic (exact) mass is 654 g/mol. The molecule has 2 heterocycles. The minimum absolute atomic E-state index is 0.193. The van der Waals surface area contributed by atoms with Crippen LogP contribution in [0.25, 0.3) is 6.08 Å². The molecule has 2 fully saturated rings. The molecule has 10 heteroatoms. The molecular weight excluding hydrogens is 627 g/mol. The number of carbonyl (C=O) groups excluding carboxylic acids is 3. The van der Waals surface area contributed by atoms with Gasteiger partial charge < -0.3 is 14.4 Å². The molecule has 37 heavy (non-hydrogen) atoms. The minimum Gasteiger partial charge on any atom is -0.490 e. The summed E-state index contributed by atoms with van der Waals surface area (Å²) < 4.78 is 12.9. The average Bonchev–Trinajstić information content (AvgIpc) is 3.05. The highest BCUT2D eigenvalue weighted by Crippen LogP contribution is 2.39. The Morgan fingerprint density at radius 2 is 1.78 bits per heavy atom. The van der Waals surface area contributed by atoms with E-state index >= 15 is 0 Å². The van der Waals surface area contributed by atoms with Crippen LogP contribution in [0, 0.1) is 3.57 Å². The smallest absolute Gasteiger partial charge is 0.294 e. The summed E-state index contributed by atoms with van der Waals surface area (Å²) in [5.74, 6) is 0.186. The predicted octanol–water partition coefficient (Wildman–Crippen LogP) is 6.36. The quantitative estimate of drug-likeness (QED) is 0.244. The molecule has 196 valence electrons. The van der Waals surface area contributed by atoms with Crippen molar-refractivity contribution in [3.05, 3.63) is 61.0 Å². The van der Waals surface area contributed by atoms with E-state index in [-0.39, 0.29) is 17.4 Å². The Labute approximate surface area is 239 Å². The summed E-state index contributed by atoms with van der Waals surface area (Å²) in [6.45, 7) is 3.67. The van der Waals surface area contributed by atoms with E-state index in [1.54, 1.807) is 23.1 Å². The van der Waals surface area contributed by atoms with Crippen LogP contribution in [0.4, 0.5) is 4.79 Å². The first-order chi connectivity index (χ1) is 17.9. The van der Waals surface area contributed by atoms with Crippen molar-refractivity contribution in [2.45, 2.75) is 39.2 Å². The summed E-state index contributed by atoms with van der Waals surface area (Å²) in [5.41, 5.74) is 1.59. The molecule has 0 saturated carbocycles. The summed E-state index contributed by atoms with van der Waals surface area (Å²) >= 11 is 9.62. The second-order valence-corrected chi connectivity index (χ2v) is 11.4. The molecule has 2 aliphatic rings. The lowest BCUT2D eigenvalue weighted by molar-refractivity contribution is -0.135. The topological polar surface area (TPSA) is 76.2 Å². The number of thioether (sulfide) groups is 1. The van der Waals surface area contributed by atoms with Crippen LogP contribution in [0.15, 0.2) is 41.3 Å². The van der Waals surface area contributed by atoms with E-state index < -0.39 is 11.1 Å². The van der Waals surface area contributed by atoms with Crippen molar-refractivity contribution in [1.82, 2.24) is 9.80 Å². The van der Waals surface area contributed by atoms with Gasteiger partial charge in [-0.3, -0.25) is 19.3 Å². The summed E-state index contributed by atoms with van der Waals surface area (Å²) in [6.07, 6.45) is 5.67. The molecule has 2 saturated heterocycles. The van der Waals surface area contributed by atoms with E-state index in [9.17, 15) is 14.4 Å². The van der Waals surface area contributed by atoms with Gasteiger partial charge in [-0.05, 0) is 95.6 Å². The number of benzene rings is 2. The van der Waals surface area contributed by atoms with Crippen molar-refractivity contribution in [3.8, 4) is 11.5 Å². The maximum atomic E-state index is 13.0. The fraction of sp³-hybridized carbons (Fsp3) is 0.370. The van der Waals surface area contributed by atoms with Crippen molar-refractivity contribution in [2.75, 3.05) is 26.2 Å². The zero-order valence-corrected chi connectivity index (χ0v) is 24.2. The van der Waals surface area contributed by atoms with E-state index in [4.69, 9.17) is 21.1 Å². The first-order valence-corrected chi connectivity index (χ1v) is 14.5. The average molecular weight is 655 g/mol. The lowest BCUT2D eigenvalue weighted by Crippen LogP contribution is -2.42. The summed E-state index contributed by atoms with van der Waals surface area (Å²) in [7, 11) is 0. The van der Waals surface area contributed by atoms with Crippen LogP contribution >= 0.6 is 46.0 Å². The molecule has 7 nitrogen and oxygen atoms in total. The number of hydrogen-bond acceptors (Lipinski definition) is 6. The number of amides is 3. The maximum absolute atomic E-state index is 13.0. The van der Waals surface area contributed by atoms with Gasteiger partial charge in [0.25, 0.3) is 11.1 Å². The van der Waals surface area contributed by atoms with Crippen LogP contribution in [-0.4, -0.2) is 53.1 Å². The van der Waals surface area contributed by atoms with Crippen LogP contribution in [0.1, 0.15) is 43.7 Å². The molecule has 0 spiro atoms. The number of ether oxygens (including phenoxy) is 2. The molecule has 0 atom stereocenters. The normalized spacial score (nSPS) is 17.3. The molecule has 2 aromatic rings. The molecule has 2 aliphatic heterocycles. The van der Waals surface area contributed by atoms with Crippen LogP contribution in [0.5, 0.6) is 11.5 Å². The third-order valence-electron chi connectivity index (χ3n) is 6.05. The first kappa shape index (κ1) is 27.8. The molecule has 0 aliphatic carbocycles. The van der Waals surface area contributed by atoms with Gasteiger partial charge in [-0.25, -0.2) is 0 Å². The van der Waals surface area contributed by atoms with Crippen molar-refractivity contribution in [3.63, 3.8) is 0 Å². The summed E-state index contributed by atoms with van der Waals surface area (Å²) in [6, 6.07) is 11.4. The molecule has 0 aromatic heterocycles. The highest BCUT2D eigenvalue weighted by Gasteiger charge is 2.37. The number of halogens is 2. The van der Waals surface area contributed by atoms with Gasteiger partial charge in [0.15, 0.2) is 11.5 Å². The molecule has 0 N–H and O–H groups in total. The highest BCUT2D eigenvalue weighted by molar-refractivity contribution is 14.1. The van der Waals surface area contributed by atoms with Gasteiger partial charge in [-0.2, -0.15) is 0 Å². The molecule has 0 radical (unpaired) electrons. The highest BCUT2D eigenvalue weighted by atomic mass is 127. The van der Waals surface area contributed by atoms with Crippen LogP contribution in [-0.2, 0) is 16.2 Å². The minimum atomic E-state index is -0.480. The Hall–Kier alpha value is -2.24. The Balaban J connectivity index is 1.49. The van der Waals surface area contributed by atoms with Gasteiger partial charge in [0.1, 0.15) is 13.2 Å². The van der Waals surface area contributed by atoms with E-state index in [2.05, 4.69) is 22.6 Å². The lowest BCUT2D eigenvalue weighted by atomic mass is 10.1. The van der Waals surface area contributed by atoms with E-state index in [1.807, 2.05) is 31.2 Å². The van der Waals surface area contributed by atoms with Gasteiger partial charge in [-0.1, -0.05) is 36.6 Å². The molecule has 0 unspecified atom stereocenters. The second kappa shape index (κ2) is 13.0. The fourth-order valence-electron chi connectivity index (χ4n) is 4.15. The second-order valence-electron chi connectivity index (χ2n) is 8.74. The van der Waals surface area contributed by atoms with E-state index in [0.29, 0.717) is 48.4 Å². The lowest BCUT2D eigenvalue weighted by Gasteiger charge is -2.22. The number of imide groups is 1. The standard InChI is InChI=1S/C27H28ClIN2O5S/c1-2-35-22-14-19(13-21(28)25(22)36-17-18-7-9-20(29)10-8-18)15-23-26(33)31(27(34)37-23)16-24(32)30-11-5-3-4-6-12-30/h7-10,13-15H,2-6,11-12,16-17H2,1H3. The number of hydrogen-bond donors (Lipinski definition) is 0. The van der Waals surface area contributed by atoms with Gasteiger partial charge in [-0.15, -0.1) is 0 Å². The number of likely N-dealkylation sites (tertiary alicyclic amines) is 1. The Morgan fingerprint density at radius 1 is 1.08 bits per heavy atom. The van der Waals surface area contributed by atoms with Crippen molar-refractivity contribution in [1.29, 1.82) is 0 Å². The van der Waals surface area contributed by atoms with Gasteiger partial charge in [0, 0.05) is 16.7 Å². The third kappa shape index (κ3) is 7.20. The van der Waals surface area contributed by atoms with Gasteiger partial charge in [0.2, 0.25) is 5.91 Å². The molecule has 3 amide bonds. The third-order valence-corrected chi connectivity index (χ3v) is 7.96. The number of carbonyl (C=O) groups is 3. The Bertz CT molecular complexity index is 1200. The predicted molar refractivity (Wildman–Crippen MR) is 154 cm³/mol.